The number of benzene rings is 2. The highest BCUT2D eigenvalue weighted by Gasteiger charge is 2.34. The van der Waals surface area contributed by atoms with Crippen molar-refractivity contribution in [2.75, 3.05) is 42.9 Å². The predicted octanol–water partition coefficient (Wildman–Crippen LogP) is 3.27. The zero-order chi connectivity index (χ0) is 25.2. The topological polar surface area (TPSA) is 108 Å². The number of piperazine rings is 1. The Hall–Kier alpha value is -3.67. The third-order valence-electron chi connectivity index (χ3n) is 5.90. The van der Waals surface area contributed by atoms with E-state index in [1.165, 1.54) is 0 Å². The number of anilines is 2. The second-order valence-electron chi connectivity index (χ2n) is 8.60. The zero-order valence-corrected chi connectivity index (χ0v) is 18.7. The number of hydrogen-bond donors (Lipinski definition) is 2. The summed E-state index contributed by atoms with van der Waals surface area (Å²) in [6.07, 6.45) is -2.72. The number of hydrogen-bond acceptors (Lipinski definition) is 6. The molecule has 2 aromatic carbocycles. The van der Waals surface area contributed by atoms with Crippen LogP contribution in [0.1, 0.15) is 28.8 Å². The minimum Gasteiger partial charge on any atom is -0.363 e. The Kier molecular flexibility index (Phi) is 6.92. The average molecular weight is 491 g/mol. The van der Waals surface area contributed by atoms with Crippen LogP contribution in [0.2, 0.25) is 0 Å². The molecule has 1 aliphatic heterocycles. The van der Waals surface area contributed by atoms with E-state index in [0.29, 0.717) is 43.5 Å². The lowest BCUT2D eigenvalue weighted by Crippen LogP contribution is -2.48. The second-order valence-corrected chi connectivity index (χ2v) is 8.60. The number of amides is 2. The molecule has 0 atom stereocenters. The molecule has 2 N–H and O–H groups in total. The monoisotopic (exact) mass is 491 g/mol. The van der Waals surface area contributed by atoms with Gasteiger partial charge in [-0.25, -0.2) is 0 Å². The van der Waals surface area contributed by atoms with Crippen molar-refractivity contribution in [2.45, 2.75) is 25.1 Å². The van der Waals surface area contributed by atoms with E-state index >= 15 is 0 Å². The van der Waals surface area contributed by atoms with Crippen molar-refractivity contribution >= 4 is 28.9 Å². The molecule has 1 saturated heterocycles. The van der Waals surface area contributed by atoms with Gasteiger partial charge >= 0.3 is 6.18 Å². The fourth-order valence-corrected chi connectivity index (χ4v) is 3.90. The lowest BCUT2D eigenvalue weighted by molar-refractivity contribution is -0.384. The van der Waals surface area contributed by atoms with E-state index < -0.39 is 22.4 Å². The number of alkyl halides is 3. The zero-order valence-electron chi connectivity index (χ0n) is 18.7. The first-order valence-electron chi connectivity index (χ1n) is 11.1. The maximum absolute atomic E-state index is 12.9. The minimum atomic E-state index is -4.67. The van der Waals surface area contributed by atoms with Crippen LogP contribution in [0.25, 0.3) is 0 Å². The fraction of sp³-hybridized carbons (Fsp3) is 0.391. The van der Waals surface area contributed by atoms with Crippen molar-refractivity contribution in [2.24, 2.45) is 0 Å². The van der Waals surface area contributed by atoms with Gasteiger partial charge in [-0.3, -0.25) is 24.6 Å². The van der Waals surface area contributed by atoms with E-state index in [2.05, 4.69) is 10.6 Å². The number of nitro groups is 1. The normalized spacial score (nSPS) is 16.6. The molecule has 0 unspecified atom stereocenters. The van der Waals surface area contributed by atoms with Gasteiger partial charge in [-0.2, -0.15) is 13.2 Å². The molecule has 1 heterocycles. The lowest BCUT2D eigenvalue weighted by atomic mass is 10.1. The summed E-state index contributed by atoms with van der Waals surface area (Å²) in [7, 11) is 0. The molecule has 2 aromatic rings. The number of halogens is 3. The van der Waals surface area contributed by atoms with Crippen LogP contribution >= 0.6 is 0 Å². The SMILES string of the molecule is O=C(CN1CCN(c2ccc(C(F)(F)F)cc2[N+](=O)[O-])CC1)Nc1cccc(C(=O)NC2CC2)c1. The van der Waals surface area contributed by atoms with Crippen LogP contribution < -0.4 is 15.5 Å². The summed E-state index contributed by atoms with van der Waals surface area (Å²) in [5.41, 5.74) is -0.596. The maximum Gasteiger partial charge on any atom is 0.416 e. The molecule has 0 bridgehead atoms. The van der Waals surface area contributed by atoms with Crippen LogP contribution in [0.4, 0.5) is 30.2 Å². The van der Waals surface area contributed by atoms with Crippen LogP contribution in [-0.4, -0.2) is 60.4 Å². The van der Waals surface area contributed by atoms with E-state index in [9.17, 15) is 32.9 Å². The van der Waals surface area contributed by atoms with Gasteiger partial charge in [-0.1, -0.05) is 6.07 Å². The van der Waals surface area contributed by atoms with Crippen LogP contribution in [0.3, 0.4) is 0 Å². The summed E-state index contributed by atoms with van der Waals surface area (Å²) in [5.74, 6) is -0.462. The molecule has 2 amide bonds. The third-order valence-corrected chi connectivity index (χ3v) is 5.90. The molecule has 1 saturated carbocycles. The van der Waals surface area contributed by atoms with Crippen molar-refractivity contribution in [3.63, 3.8) is 0 Å². The predicted molar refractivity (Wildman–Crippen MR) is 122 cm³/mol. The Morgan fingerprint density at radius 2 is 1.77 bits per heavy atom. The van der Waals surface area contributed by atoms with Crippen molar-refractivity contribution < 1.29 is 27.7 Å². The summed E-state index contributed by atoms with van der Waals surface area (Å²) in [6, 6.07) is 9.39. The summed E-state index contributed by atoms with van der Waals surface area (Å²) < 4.78 is 38.8. The van der Waals surface area contributed by atoms with Crippen LogP contribution in [0.5, 0.6) is 0 Å². The molecule has 4 rings (SSSR count). The molecule has 186 valence electrons. The van der Waals surface area contributed by atoms with E-state index in [4.69, 9.17) is 0 Å². The van der Waals surface area contributed by atoms with Gasteiger partial charge in [0.25, 0.3) is 11.6 Å². The Morgan fingerprint density at radius 3 is 2.40 bits per heavy atom. The Labute approximate surface area is 199 Å². The molecule has 12 heteroatoms. The lowest BCUT2D eigenvalue weighted by Gasteiger charge is -2.35. The first-order chi connectivity index (χ1) is 16.6. The summed E-state index contributed by atoms with van der Waals surface area (Å²) in [4.78, 5) is 38.8. The van der Waals surface area contributed by atoms with E-state index in [0.717, 1.165) is 25.0 Å². The number of nitrogens with zero attached hydrogens (tertiary/aromatic N) is 3. The summed E-state index contributed by atoms with van der Waals surface area (Å²) in [6.45, 7) is 1.50. The van der Waals surface area contributed by atoms with Crippen LogP contribution in [-0.2, 0) is 11.0 Å². The van der Waals surface area contributed by atoms with Crippen molar-refractivity contribution in [3.05, 3.63) is 63.7 Å². The number of carbonyl (C=O) groups excluding carboxylic acids is 2. The standard InChI is InChI=1S/C23H24F3N5O4/c24-23(25,26)16-4-7-19(20(13-16)31(34)35)30-10-8-29(9-11-30)14-21(32)27-18-3-1-2-15(12-18)22(33)28-17-5-6-17/h1-4,7,12-13,17H,5-6,8-11,14H2,(H,27,32)(H,28,33). The van der Waals surface area contributed by atoms with Crippen molar-refractivity contribution in [3.8, 4) is 0 Å². The molecular formula is C23H24F3N5O4. The first kappa shape index (κ1) is 24.5. The molecule has 2 fully saturated rings. The van der Waals surface area contributed by atoms with Crippen molar-refractivity contribution in [1.29, 1.82) is 0 Å². The molecule has 0 spiro atoms. The minimum absolute atomic E-state index is 0.0709. The fourth-order valence-electron chi connectivity index (χ4n) is 3.90. The van der Waals surface area contributed by atoms with Crippen LogP contribution in [0, 0.1) is 10.1 Å². The molecule has 2 aliphatic rings. The number of rotatable bonds is 7. The highest BCUT2D eigenvalue weighted by Crippen LogP contribution is 2.36. The average Bonchev–Trinajstić information content (AvgIpc) is 3.62. The third kappa shape index (κ3) is 6.27. The number of nitro benzene ring substituents is 1. The summed E-state index contributed by atoms with van der Waals surface area (Å²) in [5, 5.41) is 17.0. The quantitative estimate of drug-likeness (QED) is 0.455. The van der Waals surface area contributed by atoms with E-state index in [-0.39, 0.29) is 30.1 Å². The van der Waals surface area contributed by atoms with Gasteiger partial charge in [0.1, 0.15) is 5.69 Å². The van der Waals surface area contributed by atoms with Gasteiger partial charge in [-0.05, 0) is 43.2 Å². The Morgan fingerprint density at radius 1 is 1.06 bits per heavy atom. The molecule has 9 nitrogen and oxygen atoms in total. The maximum atomic E-state index is 12.9. The number of nitrogens with one attached hydrogen (secondary N) is 2. The van der Waals surface area contributed by atoms with E-state index in [1.807, 2.05) is 4.90 Å². The Balaban J connectivity index is 1.32. The molecule has 1 aliphatic carbocycles. The van der Waals surface area contributed by atoms with Gasteiger partial charge in [0, 0.05) is 49.5 Å². The highest BCUT2D eigenvalue weighted by molar-refractivity contribution is 5.97. The molecular weight excluding hydrogens is 467 g/mol. The van der Waals surface area contributed by atoms with Gasteiger partial charge in [0.05, 0.1) is 17.0 Å². The van der Waals surface area contributed by atoms with Gasteiger partial charge < -0.3 is 15.5 Å². The highest BCUT2D eigenvalue weighted by atomic mass is 19.4. The summed E-state index contributed by atoms with van der Waals surface area (Å²) >= 11 is 0. The molecule has 35 heavy (non-hydrogen) atoms. The van der Waals surface area contributed by atoms with Gasteiger partial charge in [0.2, 0.25) is 5.91 Å². The Bertz CT molecular complexity index is 1130. The largest absolute Gasteiger partial charge is 0.416 e. The molecule has 0 radical (unpaired) electrons. The van der Waals surface area contributed by atoms with Crippen molar-refractivity contribution in [1.82, 2.24) is 10.2 Å². The van der Waals surface area contributed by atoms with Gasteiger partial charge in [0.15, 0.2) is 0 Å². The smallest absolute Gasteiger partial charge is 0.363 e. The first-order valence-corrected chi connectivity index (χ1v) is 11.1. The second kappa shape index (κ2) is 9.90. The van der Waals surface area contributed by atoms with E-state index in [1.54, 1.807) is 29.2 Å². The van der Waals surface area contributed by atoms with Crippen LogP contribution in [0.15, 0.2) is 42.5 Å². The molecule has 0 aromatic heterocycles. The number of carbonyl (C=O) groups is 2. The van der Waals surface area contributed by atoms with Gasteiger partial charge in [-0.15, -0.1) is 0 Å².